The second kappa shape index (κ2) is 21.9. The number of ether oxygens (including phenoxy) is 5. The molecule has 1 saturated carbocycles. The van der Waals surface area contributed by atoms with Gasteiger partial charge in [0.05, 0.1) is 31.5 Å². The van der Waals surface area contributed by atoms with E-state index in [0.29, 0.717) is 31.8 Å². The highest BCUT2D eigenvalue weighted by molar-refractivity contribution is 6.02. The van der Waals surface area contributed by atoms with Crippen molar-refractivity contribution in [2.45, 2.75) is 75.9 Å². The molecule has 12 heteroatoms. The third-order valence-corrected chi connectivity index (χ3v) is 12.4. The summed E-state index contributed by atoms with van der Waals surface area (Å²) in [5.41, 5.74) is 4.74. The lowest BCUT2D eigenvalue weighted by molar-refractivity contribution is -0.253. The van der Waals surface area contributed by atoms with Crippen molar-refractivity contribution in [2.24, 2.45) is 22.9 Å². The van der Waals surface area contributed by atoms with Gasteiger partial charge in [0, 0.05) is 57.8 Å². The Labute approximate surface area is 360 Å². The molecule has 328 valence electrons. The molecule has 1 amide bonds. The number of carbonyl (C=O) groups is 1. The average Bonchev–Trinajstić information content (AvgIpc) is 4.12. The van der Waals surface area contributed by atoms with Crippen LogP contribution < -0.4 is 9.47 Å². The molecule has 2 N–H and O–H groups in total. The normalized spacial score (nSPS) is 24.5. The standard InChI is InChI=1S/C49H63N3O9/c1-3-27-59-49-45(51(2)48(55)58-30-29-56-34-36-14-6-4-7-15-36)33-43(50-60-35-37-16-8-5-9-17-37)41-31-38(18-10-12-25-53)40(19-11-13-26-54)46(47(41)49)42-32-39(20-21-44(42)61-49)57-28-24-52-22-23-52/h3-9,14-17,20-21,31-32,38,40,45-47,53-54H,1,10-13,18-19,22-30,33-35H2,2H3. The smallest absolute Gasteiger partial charge is 0.410 e. The summed E-state index contributed by atoms with van der Waals surface area (Å²) in [6.45, 7) is 9.06. The molecular formula is C49H63N3O9. The molecule has 2 fully saturated rings. The number of allylic oxidation sites excluding steroid dienone is 1. The highest BCUT2D eigenvalue weighted by atomic mass is 16.7. The van der Waals surface area contributed by atoms with E-state index in [9.17, 15) is 15.0 Å². The van der Waals surface area contributed by atoms with Crippen molar-refractivity contribution in [2.75, 3.05) is 66.3 Å². The van der Waals surface area contributed by atoms with E-state index in [2.05, 4.69) is 23.6 Å². The lowest BCUT2D eigenvalue weighted by Gasteiger charge is -2.59. The Bertz CT molecular complexity index is 1920. The fourth-order valence-corrected chi connectivity index (χ4v) is 9.34. The van der Waals surface area contributed by atoms with Crippen LogP contribution in [0.2, 0.25) is 0 Å². The number of hydrogen-bond acceptors (Lipinski definition) is 11. The molecular weight excluding hydrogens is 775 g/mol. The van der Waals surface area contributed by atoms with Gasteiger partial charge in [-0.05, 0) is 72.4 Å². The minimum absolute atomic E-state index is 0.0637. The molecule has 3 aromatic rings. The van der Waals surface area contributed by atoms with Gasteiger partial charge in [-0.25, -0.2) is 4.79 Å². The number of aliphatic hydroxyl groups excluding tert-OH is 2. The number of nitrogens with zero attached hydrogens (tertiary/aromatic N) is 3. The van der Waals surface area contributed by atoms with E-state index >= 15 is 0 Å². The van der Waals surface area contributed by atoms with Gasteiger partial charge in [-0.2, -0.15) is 0 Å². The van der Waals surface area contributed by atoms with Gasteiger partial charge in [-0.1, -0.05) is 90.8 Å². The highest BCUT2D eigenvalue weighted by Crippen LogP contribution is 2.61. The Morgan fingerprint density at radius 3 is 2.36 bits per heavy atom. The first-order valence-corrected chi connectivity index (χ1v) is 22.1. The van der Waals surface area contributed by atoms with Gasteiger partial charge in [0.1, 0.15) is 37.4 Å². The van der Waals surface area contributed by atoms with E-state index in [-0.39, 0.29) is 63.8 Å². The van der Waals surface area contributed by atoms with Crippen LogP contribution in [0.4, 0.5) is 4.79 Å². The quantitative estimate of drug-likeness (QED) is 0.0405. The third kappa shape index (κ3) is 11.0. The monoisotopic (exact) mass is 837 g/mol. The molecule has 2 heterocycles. The summed E-state index contributed by atoms with van der Waals surface area (Å²) in [7, 11) is 1.73. The van der Waals surface area contributed by atoms with E-state index in [1.807, 2.05) is 72.8 Å². The van der Waals surface area contributed by atoms with Gasteiger partial charge >= 0.3 is 6.09 Å². The summed E-state index contributed by atoms with van der Waals surface area (Å²) in [6, 6.07) is 25.2. The van der Waals surface area contributed by atoms with Crippen LogP contribution in [0, 0.1) is 17.8 Å². The molecule has 61 heavy (non-hydrogen) atoms. The molecule has 7 rings (SSSR count). The van der Waals surface area contributed by atoms with E-state index in [4.69, 9.17) is 33.7 Å². The molecule has 6 unspecified atom stereocenters. The molecule has 0 spiro atoms. The predicted molar refractivity (Wildman–Crippen MR) is 233 cm³/mol. The van der Waals surface area contributed by atoms with Crippen molar-refractivity contribution in [1.29, 1.82) is 0 Å². The highest BCUT2D eigenvalue weighted by Gasteiger charge is 2.65. The number of carbonyl (C=O) groups excluding carboxylic acids is 1. The molecule has 4 aliphatic rings. The number of oxime groups is 1. The Morgan fingerprint density at radius 1 is 0.934 bits per heavy atom. The minimum atomic E-state index is -1.37. The zero-order valence-corrected chi connectivity index (χ0v) is 35.6. The summed E-state index contributed by atoms with van der Waals surface area (Å²) in [6.07, 6.45) is 8.55. The van der Waals surface area contributed by atoms with Crippen molar-refractivity contribution in [3.05, 3.63) is 120 Å². The SMILES string of the molecule is C=CCOC12Oc3ccc(OCCN4CC4)cc3C3C(CCCCO)C(CCCCO)C=C(C(=NOCc4ccccc4)CC1N(C)C(=O)OCCOCc1ccccc1)C32. The molecule has 2 aliphatic heterocycles. The number of likely N-dealkylation sites (N-methyl/N-ethyl adjacent to an activating group) is 1. The Kier molecular flexibility index (Phi) is 15.9. The molecule has 0 bridgehead atoms. The lowest BCUT2D eigenvalue weighted by atomic mass is 9.55. The molecule has 6 atom stereocenters. The van der Waals surface area contributed by atoms with Crippen molar-refractivity contribution in [3.8, 4) is 11.5 Å². The Morgan fingerprint density at radius 2 is 1.66 bits per heavy atom. The van der Waals surface area contributed by atoms with Gasteiger partial charge in [0.2, 0.25) is 5.79 Å². The fraction of sp³-hybridized carbons (Fsp3) is 0.510. The van der Waals surface area contributed by atoms with Crippen molar-refractivity contribution < 1.29 is 43.5 Å². The van der Waals surface area contributed by atoms with E-state index in [1.54, 1.807) is 18.0 Å². The van der Waals surface area contributed by atoms with Crippen LogP contribution in [0.3, 0.4) is 0 Å². The molecule has 0 radical (unpaired) electrons. The topological polar surface area (TPSA) is 132 Å². The second-order valence-corrected chi connectivity index (χ2v) is 16.5. The maximum Gasteiger partial charge on any atom is 0.410 e. The first kappa shape index (κ1) is 44.3. The molecule has 2 aliphatic carbocycles. The van der Waals surface area contributed by atoms with Crippen LogP contribution >= 0.6 is 0 Å². The van der Waals surface area contributed by atoms with E-state index in [1.165, 1.54) is 0 Å². The number of amides is 1. The molecule has 3 aromatic carbocycles. The van der Waals surface area contributed by atoms with Crippen LogP contribution in [0.1, 0.15) is 67.6 Å². The summed E-state index contributed by atoms with van der Waals surface area (Å²) in [5.74, 6) is -0.290. The second-order valence-electron chi connectivity index (χ2n) is 16.5. The first-order valence-electron chi connectivity index (χ1n) is 22.1. The van der Waals surface area contributed by atoms with Crippen molar-refractivity contribution in [1.82, 2.24) is 9.80 Å². The number of rotatable bonds is 24. The van der Waals surface area contributed by atoms with Gasteiger partial charge in [0.15, 0.2) is 0 Å². The number of benzene rings is 3. The van der Waals surface area contributed by atoms with Crippen LogP contribution in [0.5, 0.6) is 11.5 Å². The summed E-state index contributed by atoms with van der Waals surface area (Å²) >= 11 is 0. The Hall–Kier alpha value is -4.72. The number of hydrogen-bond donors (Lipinski definition) is 2. The lowest BCUT2D eigenvalue weighted by Crippen LogP contribution is -2.69. The number of unbranched alkanes of at least 4 members (excludes halogenated alkanes) is 2. The van der Waals surface area contributed by atoms with Crippen LogP contribution in [-0.4, -0.2) is 110 Å². The largest absolute Gasteiger partial charge is 0.492 e. The predicted octanol–water partition coefficient (Wildman–Crippen LogP) is 7.50. The van der Waals surface area contributed by atoms with E-state index in [0.717, 1.165) is 79.0 Å². The maximum absolute atomic E-state index is 14.2. The summed E-state index contributed by atoms with van der Waals surface area (Å²) < 4.78 is 32.3. The number of fused-ring (bicyclic) bond motifs is 2. The van der Waals surface area contributed by atoms with Crippen molar-refractivity contribution >= 4 is 11.8 Å². The first-order chi connectivity index (χ1) is 30.0. The zero-order chi connectivity index (χ0) is 42.4. The summed E-state index contributed by atoms with van der Waals surface area (Å²) in [5, 5.41) is 24.7. The van der Waals surface area contributed by atoms with Crippen molar-refractivity contribution in [3.63, 3.8) is 0 Å². The van der Waals surface area contributed by atoms with Gasteiger partial charge in [0.25, 0.3) is 0 Å². The van der Waals surface area contributed by atoms with Gasteiger partial charge in [-0.3, -0.25) is 4.90 Å². The van der Waals surface area contributed by atoms with E-state index < -0.39 is 23.8 Å². The zero-order valence-electron chi connectivity index (χ0n) is 35.6. The molecule has 0 aromatic heterocycles. The Balaban J connectivity index is 1.28. The molecule has 12 nitrogen and oxygen atoms in total. The van der Waals surface area contributed by atoms with Crippen LogP contribution in [0.15, 0.2) is 108 Å². The maximum atomic E-state index is 14.2. The van der Waals surface area contributed by atoms with Gasteiger partial charge in [-0.15, -0.1) is 6.58 Å². The van der Waals surface area contributed by atoms with Crippen LogP contribution in [0.25, 0.3) is 0 Å². The minimum Gasteiger partial charge on any atom is -0.492 e. The molecule has 1 saturated heterocycles. The fourth-order valence-electron chi connectivity index (χ4n) is 9.34. The van der Waals surface area contributed by atoms with Crippen LogP contribution in [-0.2, 0) is 32.3 Å². The number of aliphatic hydroxyl groups is 2. The average molecular weight is 838 g/mol. The van der Waals surface area contributed by atoms with Gasteiger partial charge < -0.3 is 43.6 Å². The third-order valence-electron chi connectivity index (χ3n) is 12.4. The summed E-state index contributed by atoms with van der Waals surface area (Å²) in [4.78, 5) is 24.3.